The first-order valence-corrected chi connectivity index (χ1v) is 8.87. The first kappa shape index (κ1) is 17.1. The van der Waals surface area contributed by atoms with E-state index < -0.39 is 12.0 Å². The van der Waals surface area contributed by atoms with Gasteiger partial charge in [0, 0.05) is 25.5 Å². The third-order valence-electron chi connectivity index (χ3n) is 3.78. The minimum Gasteiger partial charge on any atom is -0.480 e. The van der Waals surface area contributed by atoms with Crippen LogP contribution in [0.3, 0.4) is 0 Å². The number of carbonyl (C=O) groups is 1. The van der Waals surface area contributed by atoms with E-state index in [1.165, 1.54) is 5.06 Å². The molecule has 1 saturated heterocycles. The molecule has 0 unspecified atom stereocenters. The lowest BCUT2D eigenvalue weighted by molar-refractivity contribution is -0.142. The molecule has 0 spiro atoms. The van der Waals surface area contributed by atoms with Crippen LogP contribution in [0.4, 0.5) is 5.95 Å². The number of nitrogens with zero attached hydrogens (tertiary/aromatic N) is 3. The van der Waals surface area contributed by atoms with Gasteiger partial charge in [-0.3, -0.25) is 4.84 Å². The fourth-order valence-electron chi connectivity index (χ4n) is 2.47. The van der Waals surface area contributed by atoms with Crippen LogP contribution in [-0.2, 0) is 9.63 Å². The van der Waals surface area contributed by atoms with Gasteiger partial charge in [0.1, 0.15) is 0 Å². The maximum atomic E-state index is 11.7. The fraction of sp³-hybridized carbons (Fsp3) is 0.714. The second kappa shape index (κ2) is 8.40. The van der Waals surface area contributed by atoms with Crippen molar-refractivity contribution < 1.29 is 14.7 Å². The molecular weight excluding hydrogens is 304 g/mol. The molecule has 1 aliphatic heterocycles. The van der Waals surface area contributed by atoms with Crippen molar-refractivity contribution in [3.8, 4) is 0 Å². The third kappa shape index (κ3) is 4.62. The van der Waals surface area contributed by atoms with Gasteiger partial charge >= 0.3 is 5.97 Å². The van der Waals surface area contributed by atoms with Crippen LogP contribution < -0.4 is 5.06 Å². The van der Waals surface area contributed by atoms with Crippen LogP contribution >= 0.6 is 11.8 Å². The molecular formula is C14H24N4O3S. The Balaban J connectivity index is 2.09. The molecule has 2 heterocycles. The third-order valence-corrected chi connectivity index (χ3v) is 4.43. The summed E-state index contributed by atoms with van der Waals surface area (Å²) in [4.78, 5) is 27.1. The first-order chi connectivity index (χ1) is 10.6. The van der Waals surface area contributed by atoms with Gasteiger partial charge in [-0.25, -0.2) is 14.8 Å². The number of aliphatic carboxylic acids is 1. The molecule has 124 valence electrons. The molecule has 0 radical (unpaired) electrons. The molecule has 2 N–H and O–H groups in total. The van der Waals surface area contributed by atoms with Crippen molar-refractivity contribution in [2.45, 2.75) is 31.4 Å². The predicted molar refractivity (Wildman–Crippen MR) is 87.1 cm³/mol. The van der Waals surface area contributed by atoms with Crippen LogP contribution in [-0.4, -0.2) is 70.2 Å². The lowest BCUT2D eigenvalue weighted by Crippen LogP contribution is -2.46. The van der Waals surface area contributed by atoms with E-state index in [-0.39, 0.29) is 6.10 Å². The molecule has 0 aromatic carbocycles. The molecule has 1 aliphatic rings. The van der Waals surface area contributed by atoms with Gasteiger partial charge in [-0.05, 0) is 38.3 Å². The summed E-state index contributed by atoms with van der Waals surface area (Å²) in [5, 5.41) is 11.0. The number of aromatic nitrogens is 2. The molecule has 8 heteroatoms. The Morgan fingerprint density at radius 1 is 1.64 bits per heavy atom. The SMILES string of the molecule is CSCC[C@@H](C(=O)O)N(OC1CCN(C)CC1)c1ncc[nH]1. The van der Waals surface area contributed by atoms with E-state index in [1.807, 2.05) is 6.26 Å². The molecule has 2 rings (SSSR count). The highest BCUT2D eigenvalue weighted by Gasteiger charge is 2.31. The number of aromatic amines is 1. The number of rotatable bonds is 8. The minimum atomic E-state index is -0.890. The topological polar surface area (TPSA) is 81.7 Å². The van der Waals surface area contributed by atoms with Crippen LogP contribution in [0.2, 0.25) is 0 Å². The summed E-state index contributed by atoms with van der Waals surface area (Å²) in [6, 6.07) is -0.738. The Hall–Kier alpha value is -1.25. The lowest BCUT2D eigenvalue weighted by atomic mass is 10.1. The van der Waals surface area contributed by atoms with Gasteiger partial charge in [0.15, 0.2) is 6.04 Å². The number of anilines is 1. The maximum Gasteiger partial charge on any atom is 0.329 e. The Morgan fingerprint density at radius 2 is 2.36 bits per heavy atom. The van der Waals surface area contributed by atoms with Crippen molar-refractivity contribution in [2.24, 2.45) is 0 Å². The van der Waals surface area contributed by atoms with Crippen molar-refractivity contribution in [2.75, 3.05) is 37.2 Å². The Bertz CT molecular complexity index is 449. The van der Waals surface area contributed by atoms with Crippen molar-refractivity contribution >= 4 is 23.7 Å². The highest BCUT2D eigenvalue weighted by Crippen LogP contribution is 2.21. The maximum absolute atomic E-state index is 11.7. The highest BCUT2D eigenvalue weighted by molar-refractivity contribution is 7.98. The predicted octanol–water partition coefficient (Wildman–Crippen LogP) is 1.45. The molecule has 0 bridgehead atoms. The monoisotopic (exact) mass is 328 g/mol. The number of carboxylic acids is 1. The van der Waals surface area contributed by atoms with Crippen LogP contribution in [0.15, 0.2) is 12.4 Å². The smallest absolute Gasteiger partial charge is 0.329 e. The number of hydrogen-bond donors (Lipinski definition) is 2. The zero-order valence-corrected chi connectivity index (χ0v) is 13.9. The number of nitrogens with one attached hydrogen (secondary N) is 1. The summed E-state index contributed by atoms with van der Waals surface area (Å²) < 4.78 is 0. The van der Waals surface area contributed by atoms with Gasteiger partial charge in [-0.2, -0.15) is 11.8 Å². The molecule has 1 aromatic heterocycles. The molecule has 1 aromatic rings. The lowest BCUT2D eigenvalue weighted by Gasteiger charge is -2.35. The summed E-state index contributed by atoms with van der Waals surface area (Å²) in [7, 11) is 2.08. The highest BCUT2D eigenvalue weighted by atomic mass is 32.2. The van der Waals surface area contributed by atoms with E-state index in [0.29, 0.717) is 12.4 Å². The van der Waals surface area contributed by atoms with Gasteiger partial charge in [-0.1, -0.05) is 0 Å². The van der Waals surface area contributed by atoms with E-state index in [1.54, 1.807) is 24.2 Å². The van der Waals surface area contributed by atoms with Crippen molar-refractivity contribution in [1.29, 1.82) is 0 Å². The van der Waals surface area contributed by atoms with Gasteiger partial charge in [-0.15, -0.1) is 0 Å². The van der Waals surface area contributed by atoms with Gasteiger partial charge in [0.25, 0.3) is 0 Å². The summed E-state index contributed by atoms with van der Waals surface area (Å²) in [5.74, 6) is 0.316. The number of piperidine rings is 1. The number of hydroxylamine groups is 1. The van der Waals surface area contributed by atoms with Crippen LogP contribution in [0.1, 0.15) is 19.3 Å². The second-order valence-electron chi connectivity index (χ2n) is 5.48. The number of thioether (sulfide) groups is 1. The number of likely N-dealkylation sites (tertiary alicyclic amines) is 1. The van der Waals surface area contributed by atoms with E-state index in [0.717, 1.165) is 31.7 Å². The molecule has 0 amide bonds. The average molecular weight is 328 g/mol. The Morgan fingerprint density at radius 3 is 2.91 bits per heavy atom. The van der Waals surface area contributed by atoms with Gasteiger partial charge in [0.05, 0.1) is 6.10 Å². The fourth-order valence-corrected chi connectivity index (χ4v) is 2.93. The molecule has 0 aliphatic carbocycles. The van der Waals surface area contributed by atoms with E-state index in [4.69, 9.17) is 4.84 Å². The summed E-state index contributed by atoms with van der Waals surface area (Å²) in [6.07, 6.45) is 7.56. The van der Waals surface area contributed by atoms with Gasteiger partial charge < -0.3 is 15.0 Å². The van der Waals surface area contributed by atoms with Crippen LogP contribution in [0.25, 0.3) is 0 Å². The van der Waals surface area contributed by atoms with Crippen molar-refractivity contribution in [1.82, 2.24) is 14.9 Å². The Kier molecular flexibility index (Phi) is 6.53. The Labute approximate surface area is 135 Å². The average Bonchev–Trinajstić information content (AvgIpc) is 3.02. The van der Waals surface area contributed by atoms with Crippen LogP contribution in [0.5, 0.6) is 0 Å². The number of imidazole rings is 1. The summed E-state index contributed by atoms with van der Waals surface area (Å²) in [6.45, 7) is 1.92. The minimum absolute atomic E-state index is 0.0254. The summed E-state index contributed by atoms with van der Waals surface area (Å²) in [5.41, 5.74) is 0. The standard InChI is InChI=1S/C14H24N4O3S/c1-17-8-3-11(4-9-17)21-18(14-15-6-7-16-14)12(13(19)20)5-10-22-2/h6-7,11-12H,3-5,8-10H2,1-2H3,(H,15,16)(H,19,20)/t12-/m0/s1. The number of H-pyrrole nitrogens is 1. The second-order valence-corrected chi connectivity index (χ2v) is 6.47. The van der Waals surface area contributed by atoms with E-state index >= 15 is 0 Å². The van der Waals surface area contributed by atoms with Crippen molar-refractivity contribution in [3.63, 3.8) is 0 Å². The largest absolute Gasteiger partial charge is 0.480 e. The first-order valence-electron chi connectivity index (χ1n) is 7.47. The number of hydrogen-bond acceptors (Lipinski definition) is 6. The molecule has 7 nitrogen and oxygen atoms in total. The molecule has 1 fully saturated rings. The van der Waals surface area contributed by atoms with E-state index in [2.05, 4.69) is 21.9 Å². The van der Waals surface area contributed by atoms with Crippen LogP contribution in [0, 0.1) is 0 Å². The zero-order chi connectivity index (χ0) is 15.9. The molecule has 0 saturated carbocycles. The molecule has 1 atom stereocenters. The normalized spacial score (nSPS) is 18.3. The number of carboxylic acid groups (broad SMARTS) is 1. The van der Waals surface area contributed by atoms with E-state index in [9.17, 15) is 9.90 Å². The quantitative estimate of drug-likeness (QED) is 0.699. The molecule has 22 heavy (non-hydrogen) atoms. The van der Waals surface area contributed by atoms with Gasteiger partial charge in [0.2, 0.25) is 5.95 Å². The zero-order valence-electron chi connectivity index (χ0n) is 13.1. The summed E-state index contributed by atoms with van der Waals surface area (Å²) >= 11 is 1.63. The van der Waals surface area contributed by atoms with Crippen molar-refractivity contribution in [3.05, 3.63) is 12.4 Å².